The number of H-pyrrole nitrogens is 1. The van der Waals surface area contributed by atoms with E-state index < -0.39 is 0 Å². The van der Waals surface area contributed by atoms with Gasteiger partial charge in [-0.1, -0.05) is 23.9 Å². The maximum atomic E-state index is 4.67. The molecule has 0 atom stereocenters. The molecule has 0 bridgehead atoms. The van der Waals surface area contributed by atoms with Crippen LogP contribution >= 0.6 is 11.8 Å². The zero-order valence-electron chi connectivity index (χ0n) is 11.3. The van der Waals surface area contributed by atoms with Crippen molar-refractivity contribution in [2.75, 3.05) is 0 Å². The molecule has 104 valence electrons. The molecule has 3 aromatic heterocycles. The van der Waals surface area contributed by atoms with E-state index in [2.05, 4.69) is 35.6 Å². The molecule has 4 rings (SSSR count). The first kappa shape index (κ1) is 12.3. The van der Waals surface area contributed by atoms with E-state index in [1.807, 2.05) is 25.2 Å². The number of imidazole rings is 2. The Morgan fingerprint density at radius 1 is 1.19 bits per heavy atom. The van der Waals surface area contributed by atoms with Gasteiger partial charge in [0.15, 0.2) is 5.65 Å². The summed E-state index contributed by atoms with van der Waals surface area (Å²) in [7, 11) is 2.04. The standard InChI is InChI=1S/C14H12N6S/c1-20-10-5-3-2-4-9(10)19-11(20)6-21-14-12-13(16-7-15-12)17-8-18-14/h2-5,7-8H,6H2,1H3,(H,15,16,17,18). The number of fused-ring (bicyclic) bond motifs is 2. The Bertz CT molecular complexity index is 925. The molecule has 0 unspecified atom stereocenters. The molecule has 0 amide bonds. The van der Waals surface area contributed by atoms with E-state index in [0.717, 1.165) is 33.2 Å². The number of aromatic nitrogens is 6. The molecular formula is C14H12N6S. The lowest BCUT2D eigenvalue weighted by molar-refractivity contribution is 0.875. The highest BCUT2D eigenvalue weighted by Gasteiger charge is 2.10. The molecule has 1 N–H and O–H groups in total. The first-order valence-corrected chi connectivity index (χ1v) is 7.49. The van der Waals surface area contributed by atoms with Crippen molar-refractivity contribution in [2.24, 2.45) is 7.05 Å². The highest BCUT2D eigenvalue weighted by Crippen LogP contribution is 2.26. The van der Waals surface area contributed by atoms with E-state index in [1.54, 1.807) is 24.4 Å². The molecule has 0 radical (unpaired) electrons. The minimum Gasteiger partial charge on any atom is -0.341 e. The van der Waals surface area contributed by atoms with E-state index in [0.29, 0.717) is 5.65 Å². The van der Waals surface area contributed by atoms with Crippen molar-refractivity contribution in [1.82, 2.24) is 29.5 Å². The average Bonchev–Trinajstić information content (AvgIpc) is 3.11. The van der Waals surface area contributed by atoms with Crippen molar-refractivity contribution in [1.29, 1.82) is 0 Å². The van der Waals surface area contributed by atoms with E-state index in [1.165, 1.54) is 0 Å². The summed E-state index contributed by atoms with van der Waals surface area (Å²) < 4.78 is 2.12. The molecule has 1 aromatic carbocycles. The Labute approximate surface area is 124 Å². The average molecular weight is 296 g/mol. The number of benzene rings is 1. The minimum atomic E-state index is 0.692. The number of hydrogen-bond donors (Lipinski definition) is 1. The quantitative estimate of drug-likeness (QED) is 0.464. The summed E-state index contributed by atoms with van der Waals surface area (Å²) in [5, 5.41) is 0.893. The maximum absolute atomic E-state index is 4.67. The van der Waals surface area contributed by atoms with Gasteiger partial charge in [0.05, 0.1) is 23.1 Å². The summed E-state index contributed by atoms with van der Waals surface area (Å²) in [5.74, 6) is 1.77. The van der Waals surface area contributed by atoms with Gasteiger partial charge in [-0.3, -0.25) is 0 Å². The second-order valence-corrected chi connectivity index (χ2v) is 5.61. The van der Waals surface area contributed by atoms with Gasteiger partial charge in [-0.05, 0) is 12.1 Å². The largest absolute Gasteiger partial charge is 0.341 e. The molecule has 0 saturated carbocycles. The van der Waals surface area contributed by atoms with Crippen LogP contribution in [0.2, 0.25) is 0 Å². The third-order valence-electron chi connectivity index (χ3n) is 3.41. The lowest BCUT2D eigenvalue weighted by atomic mass is 10.3. The van der Waals surface area contributed by atoms with Crippen LogP contribution in [0.1, 0.15) is 5.82 Å². The van der Waals surface area contributed by atoms with Gasteiger partial charge in [0, 0.05) is 7.05 Å². The zero-order valence-corrected chi connectivity index (χ0v) is 12.1. The summed E-state index contributed by atoms with van der Waals surface area (Å²) in [5.41, 5.74) is 3.73. The number of aromatic amines is 1. The van der Waals surface area contributed by atoms with Crippen LogP contribution in [0.25, 0.3) is 22.2 Å². The van der Waals surface area contributed by atoms with Crippen LogP contribution in [-0.2, 0) is 12.8 Å². The molecule has 0 spiro atoms. The maximum Gasteiger partial charge on any atom is 0.181 e. The van der Waals surface area contributed by atoms with Gasteiger partial charge in [0.2, 0.25) is 0 Å². The predicted molar refractivity (Wildman–Crippen MR) is 82.0 cm³/mol. The van der Waals surface area contributed by atoms with Crippen molar-refractivity contribution in [2.45, 2.75) is 10.8 Å². The zero-order chi connectivity index (χ0) is 14.2. The Morgan fingerprint density at radius 2 is 2.10 bits per heavy atom. The van der Waals surface area contributed by atoms with Crippen molar-refractivity contribution in [3.05, 3.63) is 42.7 Å². The Morgan fingerprint density at radius 3 is 3.00 bits per heavy atom. The third-order valence-corrected chi connectivity index (χ3v) is 4.39. The van der Waals surface area contributed by atoms with Gasteiger partial charge in [-0.2, -0.15) is 0 Å². The van der Waals surface area contributed by atoms with Crippen LogP contribution in [-0.4, -0.2) is 29.5 Å². The highest BCUT2D eigenvalue weighted by molar-refractivity contribution is 7.98. The molecule has 21 heavy (non-hydrogen) atoms. The Kier molecular flexibility index (Phi) is 2.85. The fourth-order valence-electron chi connectivity index (χ4n) is 2.31. The van der Waals surface area contributed by atoms with E-state index in [9.17, 15) is 0 Å². The summed E-state index contributed by atoms with van der Waals surface area (Å²) in [4.78, 5) is 20.3. The summed E-state index contributed by atoms with van der Waals surface area (Å²) in [6, 6.07) is 8.14. The molecule has 3 heterocycles. The fourth-order valence-corrected chi connectivity index (χ4v) is 3.25. The first-order chi connectivity index (χ1) is 10.3. The van der Waals surface area contributed by atoms with Crippen LogP contribution < -0.4 is 0 Å². The molecule has 4 aromatic rings. The normalized spacial score (nSPS) is 11.5. The van der Waals surface area contributed by atoms with Crippen LogP contribution in [0, 0.1) is 0 Å². The van der Waals surface area contributed by atoms with Crippen LogP contribution in [0.3, 0.4) is 0 Å². The number of para-hydroxylation sites is 2. The van der Waals surface area contributed by atoms with Crippen LogP contribution in [0.15, 0.2) is 41.9 Å². The van der Waals surface area contributed by atoms with Gasteiger partial charge < -0.3 is 9.55 Å². The summed E-state index contributed by atoms with van der Waals surface area (Å²) in [6.07, 6.45) is 3.18. The first-order valence-electron chi connectivity index (χ1n) is 6.50. The van der Waals surface area contributed by atoms with E-state index in [4.69, 9.17) is 0 Å². The van der Waals surface area contributed by atoms with E-state index in [-0.39, 0.29) is 0 Å². The van der Waals surface area contributed by atoms with Gasteiger partial charge in [0.25, 0.3) is 0 Å². The second kappa shape index (κ2) is 4.85. The Hall–Kier alpha value is -2.41. The second-order valence-electron chi connectivity index (χ2n) is 4.64. The SMILES string of the molecule is Cn1c(CSc2ncnc3nc[nH]c23)nc2ccccc21. The number of aryl methyl sites for hydroxylation is 1. The predicted octanol–water partition coefficient (Wildman–Crippen LogP) is 2.53. The lowest BCUT2D eigenvalue weighted by Gasteiger charge is -2.02. The van der Waals surface area contributed by atoms with Crippen molar-refractivity contribution < 1.29 is 0 Å². The molecule has 7 heteroatoms. The summed E-state index contributed by atoms with van der Waals surface area (Å²) >= 11 is 1.63. The van der Waals surface area contributed by atoms with Gasteiger partial charge in [-0.25, -0.2) is 19.9 Å². The van der Waals surface area contributed by atoms with Crippen molar-refractivity contribution in [3.8, 4) is 0 Å². The van der Waals surface area contributed by atoms with Crippen molar-refractivity contribution >= 4 is 34.0 Å². The number of hydrogen-bond acceptors (Lipinski definition) is 5. The molecule has 0 aliphatic heterocycles. The lowest BCUT2D eigenvalue weighted by Crippen LogP contribution is -1.96. The molecule has 0 aliphatic carbocycles. The molecule has 6 nitrogen and oxygen atoms in total. The monoisotopic (exact) mass is 296 g/mol. The number of rotatable bonds is 3. The minimum absolute atomic E-state index is 0.692. The smallest absolute Gasteiger partial charge is 0.181 e. The fraction of sp³-hybridized carbons (Fsp3) is 0.143. The highest BCUT2D eigenvalue weighted by atomic mass is 32.2. The molecule has 0 aliphatic rings. The van der Waals surface area contributed by atoms with Crippen LogP contribution in [0.4, 0.5) is 0 Å². The molecular weight excluding hydrogens is 284 g/mol. The van der Waals surface area contributed by atoms with Gasteiger partial charge in [0.1, 0.15) is 22.7 Å². The number of nitrogens with one attached hydrogen (secondary N) is 1. The topological polar surface area (TPSA) is 72.3 Å². The Balaban J connectivity index is 1.66. The third kappa shape index (κ3) is 2.06. The van der Waals surface area contributed by atoms with Crippen LogP contribution in [0.5, 0.6) is 0 Å². The molecule has 0 fully saturated rings. The van der Waals surface area contributed by atoms with Gasteiger partial charge in [-0.15, -0.1) is 0 Å². The summed E-state index contributed by atoms with van der Waals surface area (Å²) in [6.45, 7) is 0. The number of thioether (sulfide) groups is 1. The number of nitrogens with zero attached hydrogens (tertiary/aromatic N) is 5. The van der Waals surface area contributed by atoms with Gasteiger partial charge >= 0.3 is 0 Å². The van der Waals surface area contributed by atoms with Crippen molar-refractivity contribution in [3.63, 3.8) is 0 Å². The van der Waals surface area contributed by atoms with E-state index >= 15 is 0 Å². The molecule has 0 saturated heterocycles.